The summed E-state index contributed by atoms with van der Waals surface area (Å²) in [4.78, 5) is 0. The van der Waals surface area contributed by atoms with Gasteiger partial charge in [-0.3, -0.25) is 0 Å². The molecule has 0 unspecified atom stereocenters. The van der Waals surface area contributed by atoms with Crippen molar-refractivity contribution < 1.29 is 60.0 Å². The molecule has 0 aliphatic heterocycles. The van der Waals surface area contributed by atoms with Crippen molar-refractivity contribution in [3.05, 3.63) is 35.4 Å². The van der Waals surface area contributed by atoms with Crippen LogP contribution in [0.3, 0.4) is 0 Å². The largest absolute Gasteiger partial charge is 0.512 e. The third-order valence-corrected chi connectivity index (χ3v) is 11.3. The van der Waals surface area contributed by atoms with Crippen LogP contribution < -0.4 is 0 Å². The first kappa shape index (κ1) is 30.6. The SMILES string of the molecule is CS(=O)(=O)N(CCc1ccc(CCN(S(=O)(=O)C(F)(F)F)S(=O)(=O)C(F)(F)F)cc1)S(C)(=O)=O. The van der Waals surface area contributed by atoms with Gasteiger partial charge in [-0.2, -0.15) is 26.3 Å². The third-order valence-electron chi connectivity index (χ3n) is 4.05. The summed E-state index contributed by atoms with van der Waals surface area (Å²) in [6.07, 6.45) is 0.293. The van der Waals surface area contributed by atoms with Crippen molar-refractivity contribution in [3.63, 3.8) is 0 Å². The van der Waals surface area contributed by atoms with Crippen LogP contribution in [0.15, 0.2) is 24.3 Å². The van der Waals surface area contributed by atoms with E-state index in [2.05, 4.69) is 0 Å². The summed E-state index contributed by atoms with van der Waals surface area (Å²) < 4.78 is 167. The highest BCUT2D eigenvalue weighted by Gasteiger charge is 2.61. The molecular formula is C14H18F6N2O8S4. The summed E-state index contributed by atoms with van der Waals surface area (Å²) in [5.41, 5.74) is -12.4. The van der Waals surface area contributed by atoms with Gasteiger partial charge in [-0.15, -0.1) is 0 Å². The molecule has 0 bridgehead atoms. The van der Waals surface area contributed by atoms with Gasteiger partial charge in [0.2, 0.25) is 20.0 Å². The molecule has 0 aliphatic rings. The molecule has 10 nitrogen and oxygen atoms in total. The molecule has 0 saturated heterocycles. The molecule has 0 N–H and O–H groups in total. The fourth-order valence-electron chi connectivity index (χ4n) is 2.49. The van der Waals surface area contributed by atoms with Gasteiger partial charge >= 0.3 is 31.1 Å². The Morgan fingerprint density at radius 3 is 1.09 bits per heavy atom. The second-order valence-electron chi connectivity index (χ2n) is 6.74. The zero-order chi connectivity index (χ0) is 27.0. The minimum absolute atomic E-state index is 0.0634. The summed E-state index contributed by atoms with van der Waals surface area (Å²) in [7, 11) is -22.1. The van der Waals surface area contributed by atoms with Crippen LogP contribution in [-0.2, 0) is 52.9 Å². The van der Waals surface area contributed by atoms with Crippen molar-refractivity contribution in [1.29, 1.82) is 0 Å². The van der Waals surface area contributed by atoms with E-state index in [0.717, 1.165) is 12.1 Å². The van der Waals surface area contributed by atoms with Gasteiger partial charge in [0.25, 0.3) is 0 Å². The molecule has 20 heteroatoms. The van der Waals surface area contributed by atoms with Crippen LogP contribution in [0.1, 0.15) is 11.1 Å². The van der Waals surface area contributed by atoms with Gasteiger partial charge in [0, 0.05) is 13.1 Å². The van der Waals surface area contributed by atoms with E-state index in [9.17, 15) is 60.0 Å². The topological polar surface area (TPSA) is 143 Å². The summed E-state index contributed by atoms with van der Waals surface area (Å²) in [5.74, 6) is 0. The Balaban J connectivity index is 3.11. The van der Waals surface area contributed by atoms with E-state index in [1.54, 1.807) is 0 Å². The highest BCUT2D eigenvalue weighted by molar-refractivity contribution is 8.04. The maximum Gasteiger partial charge on any atom is 0.512 e. The molecule has 1 rings (SSSR count). The van der Waals surface area contributed by atoms with Crippen LogP contribution in [-0.4, -0.2) is 77.7 Å². The molecule has 0 amide bonds. The number of alkyl halides is 6. The van der Waals surface area contributed by atoms with Crippen LogP contribution in [0.4, 0.5) is 26.3 Å². The second kappa shape index (κ2) is 9.88. The first-order valence-electron chi connectivity index (χ1n) is 8.58. The number of nitrogens with zero attached hydrogens (tertiary/aromatic N) is 2. The van der Waals surface area contributed by atoms with Crippen LogP contribution in [0, 0.1) is 0 Å². The minimum atomic E-state index is -6.90. The van der Waals surface area contributed by atoms with Crippen molar-refractivity contribution >= 4 is 40.1 Å². The van der Waals surface area contributed by atoms with Crippen LogP contribution >= 0.6 is 0 Å². The van der Waals surface area contributed by atoms with Crippen molar-refractivity contribution in [1.82, 2.24) is 7.42 Å². The molecule has 0 spiro atoms. The molecule has 0 aliphatic carbocycles. The number of hydrogen-bond donors (Lipinski definition) is 0. The lowest BCUT2D eigenvalue weighted by molar-refractivity contribution is -0.0530. The Labute approximate surface area is 192 Å². The summed E-state index contributed by atoms with van der Waals surface area (Å²) >= 11 is 0. The van der Waals surface area contributed by atoms with Gasteiger partial charge < -0.3 is 0 Å². The Morgan fingerprint density at radius 2 is 0.853 bits per heavy atom. The smallest absolute Gasteiger partial charge is 0.212 e. The monoisotopic (exact) mass is 584 g/mol. The van der Waals surface area contributed by atoms with Crippen LogP contribution in [0.25, 0.3) is 0 Å². The molecule has 0 fully saturated rings. The van der Waals surface area contributed by atoms with Crippen molar-refractivity contribution in [3.8, 4) is 0 Å². The lowest BCUT2D eigenvalue weighted by Crippen LogP contribution is -2.49. The van der Waals surface area contributed by atoms with Gasteiger partial charge in [-0.1, -0.05) is 31.7 Å². The average Bonchev–Trinajstić information content (AvgIpc) is 2.58. The first-order valence-corrected chi connectivity index (χ1v) is 15.2. The molecule has 0 aromatic heterocycles. The molecule has 34 heavy (non-hydrogen) atoms. The van der Waals surface area contributed by atoms with Crippen molar-refractivity contribution in [2.45, 2.75) is 23.9 Å². The lowest BCUT2D eigenvalue weighted by Gasteiger charge is -2.23. The lowest BCUT2D eigenvalue weighted by atomic mass is 10.1. The zero-order valence-corrected chi connectivity index (χ0v) is 20.5. The maximum atomic E-state index is 12.7. The van der Waals surface area contributed by atoms with Crippen molar-refractivity contribution in [2.75, 3.05) is 25.6 Å². The summed E-state index contributed by atoms with van der Waals surface area (Å²) in [6.45, 7) is -2.21. The Kier molecular flexibility index (Phi) is 8.88. The van der Waals surface area contributed by atoms with E-state index < -0.39 is 74.3 Å². The Hall–Kier alpha value is -1.48. The molecule has 1 aromatic rings. The van der Waals surface area contributed by atoms with Crippen LogP contribution in [0.5, 0.6) is 0 Å². The predicted octanol–water partition coefficient (Wildman–Crippen LogP) is 0.994. The standard InChI is InChI=1S/C14H18F6N2O8S4/c1-31(23,24)21(32(2,25)26)9-7-11-3-5-12(6-4-11)8-10-22(33(27,28)13(15,16)17)34(29,30)14(18,19)20/h3-6H,7-10H2,1-2H3. The minimum Gasteiger partial charge on any atom is -0.212 e. The molecule has 0 heterocycles. The highest BCUT2D eigenvalue weighted by atomic mass is 32.3. The fourth-order valence-corrected chi connectivity index (χ4v) is 7.97. The van der Waals surface area contributed by atoms with Gasteiger partial charge in [-0.25, -0.2) is 33.7 Å². The molecule has 198 valence electrons. The maximum absolute atomic E-state index is 12.7. The quantitative estimate of drug-likeness (QED) is 0.371. The number of hydrogen-bond acceptors (Lipinski definition) is 8. The van der Waals surface area contributed by atoms with E-state index in [-0.39, 0.29) is 15.7 Å². The van der Waals surface area contributed by atoms with Gasteiger partial charge in [-0.05, 0) is 24.0 Å². The van der Waals surface area contributed by atoms with Gasteiger partial charge in [0.05, 0.1) is 12.5 Å². The fraction of sp³-hybridized carbons (Fsp3) is 0.571. The summed E-state index contributed by atoms with van der Waals surface area (Å²) in [5, 5.41) is 0. The van der Waals surface area contributed by atoms with E-state index >= 15 is 0 Å². The summed E-state index contributed by atoms with van der Waals surface area (Å²) in [6, 6.07) is 4.66. The number of benzene rings is 1. The number of halogens is 6. The second-order valence-corrected chi connectivity index (χ2v) is 14.7. The Bertz CT molecular complexity index is 1230. The molecule has 0 atom stereocenters. The van der Waals surface area contributed by atoms with E-state index in [0.29, 0.717) is 18.1 Å². The Morgan fingerprint density at radius 1 is 0.588 bits per heavy atom. The third kappa shape index (κ3) is 7.26. The predicted molar refractivity (Wildman–Crippen MR) is 107 cm³/mol. The first-order chi connectivity index (χ1) is 14.9. The van der Waals surface area contributed by atoms with E-state index in [4.69, 9.17) is 0 Å². The molecule has 0 saturated carbocycles. The molecule has 1 aromatic carbocycles. The number of sulfonamides is 4. The van der Waals surface area contributed by atoms with E-state index in [1.807, 2.05) is 0 Å². The van der Waals surface area contributed by atoms with Gasteiger partial charge in [0.15, 0.2) is 0 Å². The van der Waals surface area contributed by atoms with E-state index in [1.165, 1.54) is 12.1 Å². The van der Waals surface area contributed by atoms with Crippen molar-refractivity contribution in [2.24, 2.45) is 0 Å². The van der Waals surface area contributed by atoms with Gasteiger partial charge in [0.1, 0.15) is 0 Å². The normalized spacial score (nSPS) is 14.6. The number of rotatable bonds is 10. The zero-order valence-electron chi connectivity index (χ0n) is 17.2. The highest BCUT2D eigenvalue weighted by Crippen LogP contribution is 2.35. The molecular weight excluding hydrogens is 566 g/mol. The molecule has 0 radical (unpaired) electrons. The average molecular weight is 585 g/mol. The van der Waals surface area contributed by atoms with Crippen LogP contribution in [0.2, 0.25) is 0 Å².